The van der Waals surface area contributed by atoms with Gasteiger partial charge in [-0.1, -0.05) is 0 Å². The molecule has 0 aliphatic rings. The van der Waals surface area contributed by atoms with E-state index in [0.29, 0.717) is 21.5 Å². The van der Waals surface area contributed by atoms with Crippen molar-refractivity contribution < 1.29 is 28.3 Å². The molecule has 0 bridgehead atoms. The van der Waals surface area contributed by atoms with Crippen molar-refractivity contribution in [2.75, 3.05) is 5.32 Å². The minimum absolute atomic E-state index is 0.00232. The Morgan fingerprint density at radius 1 is 1.20 bits per heavy atom. The Labute approximate surface area is 173 Å². The highest BCUT2D eigenvalue weighted by Crippen LogP contribution is 2.28. The Morgan fingerprint density at radius 3 is 2.80 bits per heavy atom. The van der Waals surface area contributed by atoms with Crippen LogP contribution in [0.3, 0.4) is 0 Å². The van der Waals surface area contributed by atoms with E-state index >= 15 is 0 Å². The predicted octanol–water partition coefficient (Wildman–Crippen LogP) is 4.07. The largest absolute Gasteiger partial charge is 0.508 e. The van der Waals surface area contributed by atoms with Crippen LogP contribution in [0.25, 0.3) is 11.0 Å². The number of amides is 1. The minimum atomic E-state index is -0.610. The lowest BCUT2D eigenvalue weighted by atomic mass is 10.1. The summed E-state index contributed by atoms with van der Waals surface area (Å²) < 4.78 is 15.5. The first-order valence-electron chi connectivity index (χ1n) is 8.79. The van der Waals surface area contributed by atoms with Crippen LogP contribution < -0.4 is 10.9 Å². The van der Waals surface area contributed by atoms with Gasteiger partial charge in [-0.25, -0.2) is 9.59 Å². The zero-order chi connectivity index (χ0) is 21.3. The van der Waals surface area contributed by atoms with Crippen molar-refractivity contribution in [3.05, 3.63) is 80.9 Å². The molecule has 3 heterocycles. The molecule has 0 atom stereocenters. The molecular weight excluding hydrogens is 410 g/mol. The number of aryl methyl sites for hydroxylation is 1. The molecule has 0 aliphatic heterocycles. The number of carbonyl (C=O) groups excluding carboxylic acids is 2. The summed E-state index contributed by atoms with van der Waals surface area (Å²) in [6.45, 7) is 1.47. The summed E-state index contributed by atoms with van der Waals surface area (Å²) in [7, 11) is 0. The molecule has 1 amide bonds. The highest BCUT2D eigenvalue weighted by molar-refractivity contribution is 7.18. The average molecular weight is 425 g/mol. The maximum absolute atomic E-state index is 12.4. The number of phenolic OH excluding ortho intramolecular Hbond substituents is 1. The van der Waals surface area contributed by atoms with Crippen molar-refractivity contribution >= 4 is 39.2 Å². The van der Waals surface area contributed by atoms with Gasteiger partial charge in [0.25, 0.3) is 5.91 Å². The van der Waals surface area contributed by atoms with Gasteiger partial charge in [0.15, 0.2) is 5.76 Å². The summed E-state index contributed by atoms with van der Waals surface area (Å²) in [5.74, 6) is -0.871. The lowest BCUT2D eigenvalue weighted by Crippen LogP contribution is -2.09. The Morgan fingerprint density at radius 2 is 2.03 bits per heavy atom. The number of carbonyl (C=O) groups is 2. The number of nitrogens with one attached hydrogen (secondary N) is 1. The van der Waals surface area contributed by atoms with E-state index in [1.54, 1.807) is 25.1 Å². The van der Waals surface area contributed by atoms with Crippen molar-refractivity contribution in [2.24, 2.45) is 0 Å². The number of hydrogen-bond acceptors (Lipinski definition) is 8. The van der Waals surface area contributed by atoms with Crippen LogP contribution in [0, 0.1) is 6.92 Å². The first-order chi connectivity index (χ1) is 14.4. The molecule has 2 N–H and O–H groups in total. The van der Waals surface area contributed by atoms with E-state index < -0.39 is 17.5 Å². The van der Waals surface area contributed by atoms with Gasteiger partial charge in [-0.3, -0.25) is 4.79 Å². The molecule has 152 valence electrons. The van der Waals surface area contributed by atoms with Crippen LogP contribution in [0.2, 0.25) is 0 Å². The summed E-state index contributed by atoms with van der Waals surface area (Å²) in [5.41, 5.74) is 0.516. The quantitative estimate of drug-likeness (QED) is 0.365. The maximum atomic E-state index is 12.4. The molecule has 1 aromatic carbocycles. The molecule has 4 rings (SSSR count). The molecular formula is C21H15NO7S. The third-order valence-electron chi connectivity index (χ3n) is 4.37. The number of rotatable bonds is 5. The van der Waals surface area contributed by atoms with Crippen LogP contribution >= 0.6 is 11.3 Å². The lowest BCUT2D eigenvalue weighted by molar-refractivity contribution is 0.0479. The highest BCUT2D eigenvalue weighted by Gasteiger charge is 2.16. The summed E-state index contributed by atoms with van der Waals surface area (Å²) in [6.07, 6.45) is 1.39. The molecule has 0 aliphatic carbocycles. The van der Waals surface area contributed by atoms with Gasteiger partial charge >= 0.3 is 11.6 Å². The second-order valence-corrected chi connectivity index (χ2v) is 7.43. The maximum Gasteiger partial charge on any atom is 0.348 e. The number of phenols is 1. The van der Waals surface area contributed by atoms with E-state index in [4.69, 9.17) is 13.6 Å². The van der Waals surface area contributed by atoms with E-state index in [9.17, 15) is 19.5 Å². The van der Waals surface area contributed by atoms with Gasteiger partial charge in [0.1, 0.15) is 22.8 Å². The van der Waals surface area contributed by atoms with Crippen LogP contribution in [0.1, 0.15) is 31.4 Å². The monoisotopic (exact) mass is 425 g/mol. The number of hydrogen-bond donors (Lipinski definition) is 2. The number of ether oxygens (including phenoxy) is 1. The lowest BCUT2D eigenvalue weighted by Gasteiger charge is -2.08. The number of esters is 1. The second-order valence-electron chi connectivity index (χ2n) is 6.35. The van der Waals surface area contributed by atoms with Gasteiger partial charge in [0.05, 0.1) is 11.3 Å². The zero-order valence-electron chi connectivity index (χ0n) is 15.6. The smallest absolute Gasteiger partial charge is 0.348 e. The van der Waals surface area contributed by atoms with Crippen molar-refractivity contribution in [1.29, 1.82) is 0 Å². The normalized spacial score (nSPS) is 10.8. The predicted molar refractivity (Wildman–Crippen MR) is 109 cm³/mol. The van der Waals surface area contributed by atoms with E-state index in [1.807, 2.05) is 0 Å². The van der Waals surface area contributed by atoms with Crippen LogP contribution in [0.4, 0.5) is 5.00 Å². The molecule has 0 saturated carbocycles. The summed E-state index contributed by atoms with van der Waals surface area (Å²) in [6, 6.07) is 10.6. The molecule has 9 heteroatoms. The summed E-state index contributed by atoms with van der Waals surface area (Å²) in [5, 5.41) is 13.5. The number of benzene rings is 1. The minimum Gasteiger partial charge on any atom is -0.508 e. The van der Waals surface area contributed by atoms with Gasteiger partial charge in [-0.05, 0) is 43.3 Å². The van der Waals surface area contributed by atoms with E-state index in [-0.39, 0.29) is 28.6 Å². The van der Waals surface area contributed by atoms with Crippen molar-refractivity contribution in [3.8, 4) is 5.75 Å². The highest BCUT2D eigenvalue weighted by atomic mass is 32.1. The van der Waals surface area contributed by atoms with Gasteiger partial charge in [0.2, 0.25) is 0 Å². The molecule has 3 aromatic heterocycles. The Bertz CT molecular complexity index is 1300. The fourth-order valence-corrected chi connectivity index (χ4v) is 3.64. The molecule has 0 spiro atoms. The third kappa shape index (κ3) is 3.83. The molecule has 0 unspecified atom stereocenters. The van der Waals surface area contributed by atoms with Gasteiger partial charge in [-0.15, -0.1) is 11.3 Å². The molecule has 0 fully saturated rings. The topological polar surface area (TPSA) is 119 Å². The number of aromatic hydroxyl groups is 1. The molecule has 8 nitrogen and oxygen atoms in total. The molecule has 0 saturated heterocycles. The number of furan rings is 1. The Hall–Kier alpha value is -3.85. The number of thiophene rings is 1. The average Bonchev–Trinajstić information content (AvgIpc) is 3.41. The number of anilines is 1. The van der Waals surface area contributed by atoms with Gasteiger partial charge < -0.3 is 24.0 Å². The van der Waals surface area contributed by atoms with Crippen LogP contribution in [0.15, 0.2) is 62.4 Å². The van der Waals surface area contributed by atoms with Crippen molar-refractivity contribution in [3.63, 3.8) is 0 Å². The Kier molecular flexibility index (Phi) is 5.11. The Balaban J connectivity index is 1.48. The standard InChI is InChI=1S/C21H15NO7S/c1-11-14(23)5-4-13-12(9-18(24)29-19(11)13)10-28-21(26)16-6-7-17(30-16)22-20(25)15-3-2-8-27-15/h2-9,23H,10H2,1H3,(H,22,25). The second kappa shape index (κ2) is 7.88. The van der Waals surface area contributed by atoms with Crippen LogP contribution in [-0.2, 0) is 11.3 Å². The van der Waals surface area contributed by atoms with E-state index in [1.165, 1.54) is 30.5 Å². The molecule has 0 radical (unpaired) electrons. The van der Waals surface area contributed by atoms with Gasteiger partial charge in [-0.2, -0.15) is 0 Å². The van der Waals surface area contributed by atoms with Crippen LogP contribution in [-0.4, -0.2) is 17.0 Å². The van der Waals surface area contributed by atoms with E-state index in [2.05, 4.69) is 5.32 Å². The third-order valence-corrected chi connectivity index (χ3v) is 5.35. The summed E-state index contributed by atoms with van der Waals surface area (Å²) in [4.78, 5) is 36.5. The van der Waals surface area contributed by atoms with Crippen LogP contribution in [0.5, 0.6) is 5.75 Å². The fourth-order valence-electron chi connectivity index (χ4n) is 2.85. The van der Waals surface area contributed by atoms with Crippen molar-refractivity contribution in [1.82, 2.24) is 0 Å². The van der Waals surface area contributed by atoms with Gasteiger partial charge in [0, 0.05) is 22.6 Å². The summed E-state index contributed by atoms with van der Waals surface area (Å²) >= 11 is 1.05. The van der Waals surface area contributed by atoms with Crippen molar-refractivity contribution in [2.45, 2.75) is 13.5 Å². The molecule has 30 heavy (non-hydrogen) atoms. The zero-order valence-corrected chi connectivity index (χ0v) is 16.4. The first-order valence-corrected chi connectivity index (χ1v) is 9.61. The van der Waals surface area contributed by atoms with E-state index in [0.717, 1.165) is 11.3 Å². The fraction of sp³-hybridized carbons (Fsp3) is 0.0952. The first kappa shape index (κ1) is 19.5. The SMILES string of the molecule is Cc1c(O)ccc2c(COC(=O)c3ccc(NC(=O)c4ccco4)s3)cc(=O)oc12. The molecule has 4 aromatic rings. The number of fused-ring (bicyclic) bond motifs is 1.